The third-order valence-electron chi connectivity index (χ3n) is 5.53. The zero-order chi connectivity index (χ0) is 16.1. The number of fused-ring (bicyclic) bond motifs is 2. The first-order chi connectivity index (χ1) is 11.8. The Hall–Kier alpha value is -2.08. The van der Waals surface area contributed by atoms with Crippen molar-refractivity contribution in [3.63, 3.8) is 0 Å². The van der Waals surface area contributed by atoms with Crippen LogP contribution in [0, 0.1) is 11.8 Å². The Morgan fingerprint density at radius 1 is 1.12 bits per heavy atom. The largest absolute Gasteiger partial charge is 0.482 e. The van der Waals surface area contributed by atoms with Crippen molar-refractivity contribution in [1.82, 2.24) is 14.8 Å². The van der Waals surface area contributed by atoms with E-state index < -0.39 is 0 Å². The quantitative estimate of drug-likeness (QED) is 0.864. The average molecular weight is 326 g/mol. The average Bonchev–Trinajstić information content (AvgIpc) is 3.33. The molecule has 5 rings (SSSR count). The van der Waals surface area contributed by atoms with Gasteiger partial charge in [-0.15, -0.1) is 10.2 Å². The molecule has 0 radical (unpaired) electrons. The molecular formula is C18H22N4O2. The zero-order valence-electron chi connectivity index (χ0n) is 13.9. The summed E-state index contributed by atoms with van der Waals surface area (Å²) in [4.78, 5) is 2.37. The van der Waals surface area contributed by atoms with Crippen LogP contribution in [0.3, 0.4) is 0 Å². The van der Waals surface area contributed by atoms with Gasteiger partial charge < -0.3 is 14.4 Å². The van der Waals surface area contributed by atoms with E-state index in [1.54, 1.807) is 0 Å². The lowest BCUT2D eigenvalue weighted by molar-refractivity contribution is 0.177. The number of rotatable bonds is 3. The van der Waals surface area contributed by atoms with Gasteiger partial charge in [-0.05, 0) is 18.6 Å². The molecule has 2 fully saturated rings. The summed E-state index contributed by atoms with van der Waals surface area (Å²) >= 11 is 0. The van der Waals surface area contributed by atoms with E-state index in [1.807, 2.05) is 12.1 Å². The molecule has 3 aliphatic heterocycles. The molecule has 2 aromatic rings. The van der Waals surface area contributed by atoms with E-state index in [9.17, 15) is 0 Å². The molecular weight excluding hydrogens is 304 g/mol. The molecule has 6 heteroatoms. The topological polar surface area (TPSA) is 52.4 Å². The minimum Gasteiger partial charge on any atom is -0.482 e. The molecule has 0 N–H and O–H groups in total. The number of hydrogen-bond donors (Lipinski definition) is 0. The predicted molar refractivity (Wildman–Crippen MR) is 89.2 cm³/mol. The van der Waals surface area contributed by atoms with Gasteiger partial charge in [-0.1, -0.05) is 18.2 Å². The van der Waals surface area contributed by atoms with Gasteiger partial charge in [0.05, 0.1) is 13.2 Å². The van der Waals surface area contributed by atoms with Gasteiger partial charge in [0.1, 0.15) is 5.75 Å². The van der Waals surface area contributed by atoms with Crippen molar-refractivity contribution in [2.45, 2.75) is 26.0 Å². The van der Waals surface area contributed by atoms with Gasteiger partial charge in [0.25, 0.3) is 0 Å². The second-order valence-corrected chi connectivity index (χ2v) is 6.98. The van der Waals surface area contributed by atoms with Gasteiger partial charge in [-0.3, -0.25) is 4.57 Å². The molecule has 126 valence electrons. The predicted octanol–water partition coefficient (Wildman–Crippen LogP) is 2.06. The molecule has 3 atom stereocenters. The van der Waals surface area contributed by atoms with Crippen molar-refractivity contribution in [2.24, 2.45) is 11.8 Å². The Bertz CT molecular complexity index is 722. The SMILES string of the molecule is CCn1c(C2Cc3ccccc3O2)nnc1N1C[C@H]2COC[C@H]2C1. The van der Waals surface area contributed by atoms with E-state index in [2.05, 4.69) is 38.7 Å². The van der Waals surface area contributed by atoms with Crippen LogP contribution in [0.25, 0.3) is 0 Å². The summed E-state index contributed by atoms with van der Waals surface area (Å²) in [6, 6.07) is 8.24. The second kappa shape index (κ2) is 5.48. The Labute approximate surface area is 141 Å². The van der Waals surface area contributed by atoms with E-state index in [1.165, 1.54) is 5.56 Å². The number of aromatic nitrogens is 3. The second-order valence-electron chi connectivity index (χ2n) is 6.98. The number of anilines is 1. The Balaban J connectivity index is 1.42. The molecule has 24 heavy (non-hydrogen) atoms. The zero-order valence-corrected chi connectivity index (χ0v) is 13.9. The first-order valence-electron chi connectivity index (χ1n) is 8.84. The highest BCUT2D eigenvalue weighted by molar-refractivity contribution is 5.40. The summed E-state index contributed by atoms with van der Waals surface area (Å²) in [6.07, 6.45) is 0.835. The van der Waals surface area contributed by atoms with Crippen molar-refractivity contribution in [3.8, 4) is 5.75 Å². The Morgan fingerprint density at radius 3 is 2.67 bits per heavy atom. The highest BCUT2D eigenvalue weighted by Gasteiger charge is 2.39. The van der Waals surface area contributed by atoms with Crippen molar-refractivity contribution in [1.29, 1.82) is 0 Å². The first-order valence-corrected chi connectivity index (χ1v) is 8.84. The van der Waals surface area contributed by atoms with Gasteiger partial charge in [0.2, 0.25) is 5.95 Å². The molecule has 0 aliphatic carbocycles. The van der Waals surface area contributed by atoms with Crippen molar-refractivity contribution in [2.75, 3.05) is 31.2 Å². The Kier molecular flexibility index (Phi) is 3.26. The molecule has 3 aliphatic rings. The summed E-state index contributed by atoms with van der Waals surface area (Å²) in [5.41, 5.74) is 1.25. The minimum absolute atomic E-state index is 0.0333. The van der Waals surface area contributed by atoms with Gasteiger partial charge in [-0.2, -0.15) is 0 Å². The summed E-state index contributed by atoms with van der Waals surface area (Å²) in [6.45, 7) is 6.82. The molecule has 1 aromatic carbocycles. The van der Waals surface area contributed by atoms with E-state index in [-0.39, 0.29) is 6.10 Å². The van der Waals surface area contributed by atoms with Crippen molar-refractivity contribution < 1.29 is 9.47 Å². The maximum Gasteiger partial charge on any atom is 0.227 e. The minimum atomic E-state index is -0.0333. The van der Waals surface area contributed by atoms with Crippen LogP contribution in [-0.4, -0.2) is 41.1 Å². The highest BCUT2D eigenvalue weighted by atomic mass is 16.5. The van der Waals surface area contributed by atoms with Crippen LogP contribution < -0.4 is 9.64 Å². The fourth-order valence-corrected chi connectivity index (χ4v) is 4.26. The van der Waals surface area contributed by atoms with Crippen LogP contribution >= 0.6 is 0 Å². The van der Waals surface area contributed by atoms with Crippen LogP contribution in [0.2, 0.25) is 0 Å². The smallest absolute Gasteiger partial charge is 0.227 e. The maximum absolute atomic E-state index is 6.12. The maximum atomic E-state index is 6.12. The number of nitrogens with zero attached hydrogens (tertiary/aromatic N) is 4. The normalized spacial score (nSPS) is 28.0. The van der Waals surface area contributed by atoms with Gasteiger partial charge in [-0.25, -0.2) is 0 Å². The molecule has 4 heterocycles. The van der Waals surface area contributed by atoms with Crippen LogP contribution in [0.15, 0.2) is 24.3 Å². The third-order valence-corrected chi connectivity index (χ3v) is 5.53. The van der Waals surface area contributed by atoms with Crippen LogP contribution in [0.5, 0.6) is 5.75 Å². The molecule has 2 saturated heterocycles. The lowest BCUT2D eigenvalue weighted by Gasteiger charge is -2.20. The molecule has 1 aromatic heterocycles. The van der Waals surface area contributed by atoms with E-state index >= 15 is 0 Å². The van der Waals surface area contributed by atoms with Crippen LogP contribution in [-0.2, 0) is 17.7 Å². The third kappa shape index (κ3) is 2.13. The van der Waals surface area contributed by atoms with Crippen molar-refractivity contribution in [3.05, 3.63) is 35.7 Å². The number of hydrogen-bond acceptors (Lipinski definition) is 5. The highest BCUT2D eigenvalue weighted by Crippen LogP contribution is 2.37. The van der Waals surface area contributed by atoms with Gasteiger partial charge >= 0.3 is 0 Å². The first kappa shape index (κ1) is 14.3. The monoisotopic (exact) mass is 326 g/mol. The van der Waals surface area contributed by atoms with Crippen LogP contribution in [0.1, 0.15) is 24.4 Å². The molecule has 0 bridgehead atoms. The van der Waals surface area contributed by atoms with Crippen molar-refractivity contribution >= 4 is 5.95 Å². The van der Waals surface area contributed by atoms with Gasteiger partial charge in [0, 0.05) is 37.9 Å². The summed E-state index contributed by atoms with van der Waals surface area (Å²) < 4.78 is 13.9. The van der Waals surface area contributed by atoms with E-state index in [4.69, 9.17) is 9.47 Å². The summed E-state index contributed by atoms with van der Waals surface area (Å²) in [5, 5.41) is 9.03. The molecule has 0 amide bonds. The molecule has 0 spiro atoms. The Morgan fingerprint density at radius 2 is 1.92 bits per heavy atom. The standard InChI is InChI=1S/C18H22N4O2/c1-2-22-17(16-7-12-5-3-4-6-15(12)24-16)19-20-18(22)21-8-13-10-23-11-14(13)9-21/h3-6,13-14,16H,2,7-11H2,1H3/t13-,14+,16?. The summed E-state index contributed by atoms with van der Waals surface area (Å²) in [5.74, 6) is 4.19. The lowest BCUT2D eigenvalue weighted by Crippen LogP contribution is -2.26. The van der Waals surface area contributed by atoms with E-state index in [0.717, 1.165) is 56.8 Å². The molecule has 6 nitrogen and oxygen atoms in total. The molecule has 0 saturated carbocycles. The fraction of sp³-hybridized carbons (Fsp3) is 0.556. The number of benzene rings is 1. The number of para-hydroxylation sites is 1. The molecule has 1 unspecified atom stereocenters. The fourth-order valence-electron chi connectivity index (χ4n) is 4.26. The van der Waals surface area contributed by atoms with E-state index in [0.29, 0.717) is 11.8 Å². The summed E-state index contributed by atoms with van der Waals surface area (Å²) in [7, 11) is 0. The number of ether oxygens (including phenoxy) is 2. The van der Waals surface area contributed by atoms with Crippen LogP contribution in [0.4, 0.5) is 5.95 Å². The van der Waals surface area contributed by atoms with Gasteiger partial charge in [0.15, 0.2) is 11.9 Å². The lowest BCUT2D eigenvalue weighted by atomic mass is 10.0.